The van der Waals surface area contributed by atoms with E-state index in [0.717, 1.165) is 36.2 Å². The number of nitrogens with zero attached hydrogens (tertiary/aromatic N) is 2. The van der Waals surface area contributed by atoms with E-state index in [0.29, 0.717) is 36.5 Å². The number of allylic oxidation sites excluding steroid dienone is 2. The van der Waals surface area contributed by atoms with E-state index in [-0.39, 0.29) is 11.8 Å². The lowest BCUT2D eigenvalue weighted by molar-refractivity contribution is -0.119. The van der Waals surface area contributed by atoms with Gasteiger partial charge in [-0.2, -0.15) is 0 Å². The molecule has 0 aromatic heterocycles. The van der Waals surface area contributed by atoms with Gasteiger partial charge in [-0.15, -0.1) is 0 Å². The van der Waals surface area contributed by atoms with Crippen LogP contribution in [0, 0.1) is 5.92 Å². The van der Waals surface area contributed by atoms with Gasteiger partial charge in [-0.3, -0.25) is 14.5 Å². The third kappa shape index (κ3) is 2.89. The number of piperidine rings is 1. The Morgan fingerprint density at radius 3 is 2.71 bits per heavy atom. The van der Waals surface area contributed by atoms with Crippen molar-refractivity contribution < 1.29 is 9.59 Å². The van der Waals surface area contributed by atoms with Crippen LogP contribution >= 0.6 is 0 Å². The molecule has 5 heteroatoms. The van der Waals surface area contributed by atoms with Gasteiger partial charge in [-0.05, 0) is 69.7 Å². The van der Waals surface area contributed by atoms with Crippen LogP contribution < -0.4 is 10.2 Å². The summed E-state index contributed by atoms with van der Waals surface area (Å²) >= 11 is 0. The lowest BCUT2D eigenvalue weighted by atomic mass is 9.88. The Kier molecular flexibility index (Phi) is 4.35. The van der Waals surface area contributed by atoms with Gasteiger partial charge in [-0.1, -0.05) is 18.2 Å². The first-order valence-corrected chi connectivity index (χ1v) is 10.5. The fraction of sp³-hybridized carbons (Fsp3) is 0.478. The van der Waals surface area contributed by atoms with Crippen molar-refractivity contribution in [1.29, 1.82) is 0 Å². The molecule has 2 fully saturated rings. The first-order chi connectivity index (χ1) is 13.6. The molecule has 2 amide bonds. The van der Waals surface area contributed by atoms with E-state index in [1.165, 1.54) is 12.8 Å². The van der Waals surface area contributed by atoms with E-state index < -0.39 is 0 Å². The number of carbonyl (C=O) groups excluding carboxylic acids is 2. The van der Waals surface area contributed by atoms with Crippen LogP contribution in [-0.4, -0.2) is 35.8 Å². The van der Waals surface area contributed by atoms with Gasteiger partial charge in [0.15, 0.2) is 0 Å². The summed E-state index contributed by atoms with van der Waals surface area (Å²) in [5, 5.41) is 3.01. The van der Waals surface area contributed by atoms with Gasteiger partial charge in [0.2, 0.25) is 5.91 Å². The summed E-state index contributed by atoms with van der Waals surface area (Å²) < 4.78 is 0. The monoisotopic (exact) mass is 377 g/mol. The van der Waals surface area contributed by atoms with Crippen LogP contribution in [-0.2, 0) is 9.59 Å². The van der Waals surface area contributed by atoms with Crippen molar-refractivity contribution in [2.45, 2.75) is 57.0 Å². The predicted octanol–water partition coefficient (Wildman–Crippen LogP) is 3.84. The van der Waals surface area contributed by atoms with Gasteiger partial charge in [0.25, 0.3) is 5.91 Å². The second-order valence-corrected chi connectivity index (χ2v) is 8.60. The second-order valence-electron chi connectivity index (χ2n) is 8.60. The zero-order valence-electron chi connectivity index (χ0n) is 16.4. The number of hydrogen-bond donors (Lipinski definition) is 1. The van der Waals surface area contributed by atoms with Crippen molar-refractivity contribution in [3.05, 3.63) is 47.7 Å². The Bertz CT molecular complexity index is 874. The molecule has 3 aliphatic heterocycles. The summed E-state index contributed by atoms with van der Waals surface area (Å²) in [6.45, 7) is 0. The molecule has 5 rings (SSSR count). The van der Waals surface area contributed by atoms with Crippen LogP contribution in [0.15, 0.2) is 47.7 Å². The Labute approximate surface area is 166 Å². The smallest absolute Gasteiger partial charge is 0.253 e. The number of amides is 2. The summed E-state index contributed by atoms with van der Waals surface area (Å²) in [6.07, 6.45) is 10.8. The highest BCUT2D eigenvalue weighted by Crippen LogP contribution is 2.41. The molecule has 28 heavy (non-hydrogen) atoms. The Morgan fingerprint density at radius 2 is 1.93 bits per heavy atom. The van der Waals surface area contributed by atoms with Crippen LogP contribution in [0.5, 0.6) is 0 Å². The number of rotatable bonds is 2. The number of benzene rings is 1. The Balaban J connectivity index is 1.47. The van der Waals surface area contributed by atoms with E-state index in [1.807, 2.05) is 30.3 Å². The molecule has 2 bridgehead atoms. The van der Waals surface area contributed by atoms with Gasteiger partial charge >= 0.3 is 0 Å². The summed E-state index contributed by atoms with van der Waals surface area (Å²) in [4.78, 5) is 30.6. The van der Waals surface area contributed by atoms with E-state index in [2.05, 4.69) is 23.3 Å². The minimum absolute atomic E-state index is 0.0839. The molecule has 2 saturated heterocycles. The zero-order valence-corrected chi connectivity index (χ0v) is 16.4. The maximum atomic E-state index is 13.6. The number of hydrogen-bond acceptors (Lipinski definition) is 3. The van der Waals surface area contributed by atoms with Crippen molar-refractivity contribution in [2.75, 3.05) is 17.3 Å². The van der Waals surface area contributed by atoms with Crippen molar-refractivity contribution in [3.8, 4) is 0 Å². The fourth-order valence-corrected chi connectivity index (χ4v) is 5.49. The summed E-state index contributed by atoms with van der Waals surface area (Å²) in [7, 11) is 2.23. The molecule has 1 aromatic rings. The third-order valence-electron chi connectivity index (χ3n) is 6.96. The summed E-state index contributed by atoms with van der Waals surface area (Å²) in [5.74, 6) is 0.452. The number of nitrogens with one attached hydrogen (secondary N) is 1. The van der Waals surface area contributed by atoms with Crippen molar-refractivity contribution in [1.82, 2.24) is 4.90 Å². The number of fused-ring (bicyclic) bond motifs is 3. The summed E-state index contributed by atoms with van der Waals surface area (Å²) in [6, 6.07) is 8.90. The molecule has 2 unspecified atom stereocenters. The Hall–Kier alpha value is -2.40. The topological polar surface area (TPSA) is 52.7 Å². The normalized spacial score (nSPS) is 29.2. The maximum Gasteiger partial charge on any atom is 0.253 e. The first-order valence-electron chi connectivity index (χ1n) is 10.5. The van der Waals surface area contributed by atoms with Crippen LogP contribution in [0.1, 0.15) is 44.9 Å². The average Bonchev–Trinajstić information content (AvgIpc) is 2.86. The van der Waals surface area contributed by atoms with Crippen molar-refractivity contribution in [3.63, 3.8) is 0 Å². The minimum Gasteiger partial charge on any atom is -0.320 e. The van der Waals surface area contributed by atoms with Crippen molar-refractivity contribution >= 4 is 23.2 Å². The molecule has 1 N–H and O–H groups in total. The number of anilines is 2. The molecule has 0 saturated carbocycles. The van der Waals surface area contributed by atoms with Crippen LogP contribution in [0.2, 0.25) is 0 Å². The number of para-hydroxylation sites is 2. The SMILES string of the molecule is CN1C2CCC1CC(CC(=O)N1C3=C(CCC=C3)C(=O)Nc3ccccc31)C2. The quantitative estimate of drug-likeness (QED) is 0.852. The Morgan fingerprint density at radius 1 is 1.18 bits per heavy atom. The highest BCUT2D eigenvalue weighted by molar-refractivity contribution is 6.13. The lowest BCUT2D eigenvalue weighted by Crippen LogP contribution is -2.41. The van der Waals surface area contributed by atoms with E-state index >= 15 is 0 Å². The molecular formula is C23H27N3O2. The van der Waals surface area contributed by atoms with Gasteiger partial charge in [-0.25, -0.2) is 0 Å². The van der Waals surface area contributed by atoms with Gasteiger partial charge in [0.05, 0.1) is 17.1 Å². The molecule has 1 aliphatic carbocycles. The molecule has 2 atom stereocenters. The molecule has 1 aromatic carbocycles. The first kappa shape index (κ1) is 17.7. The molecule has 4 aliphatic rings. The van der Waals surface area contributed by atoms with Crippen LogP contribution in [0.3, 0.4) is 0 Å². The molecule has 0 spiro atoms. The molecule has 3 heterocycles. The van der Waals surface area contributed by atoms with Gasteiger partial charge in [0.1, 0.15) is 0 Å². The van der Waals surface area contributed by atoms with Crippen LogP contribution in [0.25, 0.3) is 0 Å². The van der Waals surface area contributed by atoms with Gasteiger partial charge < -0.3 is 10.2 Å². The molecule has 146 valence electrons. The highest BCUT2D eigenvalue weighted by atomic mass is 16.2. The predicted molar refractivity (Wildman–Crippen MR) is 110 cm³/mol. The molecule has 5 nitrogen and oxygen atoms in total. The largest absolute Gasteiger partial charge is 0.320 e. The fourth-order valence-electron chi connectivity index (χ4n) is 5.49. The lowest BCUT2D eigenvalue weighted by Gasteiger charge is -2.37. The highest BCUT2D eigenvalue weighted by Gasteiger charge is 2.40. The average molecular weight is 377 g/mol. The maximum absolute atomic E-state index is 13.6. The van der Waals surface area contributed by atoms with E-state index in [4.69, 9.17) is 0 Å². The minimum atomic E-state index is -0.0839. The third-order valence-corrected chi connectivity index (χ3v) is 6.96. The van der Waals surface area contributed by atoms with Crippen LogP contribution in [0.4, 0.5) is 11.4 Å². The molecular weight excluding hydrogens is 350 g/mol. The number of carbonyl (C=O) groups is 2. The van der Waals surface area contributed by atoms with Gasteiger partial charge in [0, 0.05) is 24.1 Å². The zero-order chi connectivity index (χ0) is 19.3. The van der Waals surface area contributed by atoms with E-state index in [1.54, 1.807) is 4.90 Å². The van der Waals surface area contributed by atoms with E-state index in [9.17, 15) is 9.59 Å². The second kappa shape index (κ2) is 6.89. The van der Waals surface area contributed by atoms with Crippen molar-refractivity contribution in [2.24, 2.45) is 5.92 Å². The standard InChI is InChI=1S/C23H27N3O2/c1-25-16-10-11-17(25)13-15(12-16)14-22(27)26-20-8-4-2-6-18(20)23(28)24-19-7-3-5-9-21(19)26/h3-5,7-9,15-17H,2,6,10-14H2,1H3,(H,24,28). The summed E-state index contributed by atoms with van der Waals surface area (Å²) in [5.41, 5.74) is 2.98. The molecule has 0 radical (unpaired) electrons.